The minimum absolute atomic E-state index is 0.0873. The molecule has 0 aromatic heterocycles. The SMILES string of the molecule is C#C[Si](O[C@@H](CCC=C)C[C@@H](OCOC)[C@@H](C)[C@H](CC[C@@H](C)[C@H](OCc1ccc(OC)cc1)[C@@H]1COC(C)(C)O1)OCOC)(O[C@@H](C)CC/C=C/COCc1ccccc1)c1ccccc1. The number of benzene rings is 3. The standard InChI is InChI=1S/C54H78O11Si/c1-11-13-26-48(65-66(12-2,49-27-20-15-21-28-49)64-43(4)23-17-16-22-35-58-37-45-24-18-14-19-25-45)36-51(61-41-56-9)44(5)50(60-40-55-8)34-29-42(3)53(52-39-62-54(6,7)63-52)59-38-46-30-32-47(57-10)33-31-46/h2,11,14-16,18-22,24-25,27-28,30-33,42-44,48,50-53H,1,13,17,23,26,29,34-41H2,3-10H3/b22-16+/t42-,43+,44+,48+,50+,51-,52+,53+,66?/m1/s1. The van der Waals surface area contributed by atoms with Gasteiger partial charge in [-0.15, -0.1) is 13.0 Å². The molecule has 0 spiro atoms. The van der Waals surface area contributed by atoms with Gasteiger partial charge in [-0.3, -0.25) is 0 Å². The summed E-state index contributed by atoms with van der Waals surface area (Å²) in [6.45, 7) is 16.6. The monoisotopic (exact) mass is 931 g/mol. The molecule has 0 N–H and O–H groups in total. The average molecular weight is 931 g/mol. The van der Waals surface area contributed by atoms with Gasteiger partial charge in [0.15, 0.2) is 5.79 Å². The maximum atomic E-state index is 7.21. The molecule has 1 unspecified atom stereocenters. The fourth-order valence-electron chi connectivity index (χ4n) is 8.18. The molecule has 4 rings (SSSR count). The van der Waals surface area contributed by atoms with E-state index in [-0.39, 0.29) is 62.0 Å². The zero-order chi connectivity index (χ0) is 47.6. The topological polar surface area (TPSA) is 102 Å². The Morgan fingerprint density at radius 2 is 1.44 bits per heavy atom. The van der Waals surface area contributed by atoms with Crippen LogP contribution in [0.1, 0.15) is 90.7 Å². The molecule has 0 radical (unpaired) electrons. The van der Waals surface area contributed by atoms with E-state index in [4.69, 9.17) is 57.9 Å². The first-order valence-corrected chi connectivity index (χ1v) is 25.3. The van der Waals surface area contributed by atoms with Crippen molar-refractivity contribution >= 4 is 13.7 Å². The third kappa shape index (κ3) is 18.8. The summed E-state index contributed by atoms with van der Waals surface area (Å²) in [6.07, 6.45) is 16.0. The van der Waals surface area contributed by atoms with E-state index in [1.165, 1.54) is 0 Å². The molecule has 66 heavy (non-hydrogen) atoms. The van der Waals surface area contributed by atoms with Crippen LogP contribution in [-0.4, -0.2) is 99.1 Å². The number of methoxy groups -OCH3 is 3. The molecule has 1 aliphatic heterocycles. The lowest BCUT2D eigenvalue weighted by Gasteiger charge is -2.37. The van der Waals surface area contributed by atoms with Crippen molar-refractivity contribution < 1.29 is 51.5 Å². The minimum atomic E-state index is -3.46. The van der Waals surface area contributed by atoms with Crippen molar-refractivity contribution in [2.75, 3.05) is 48.1 Å². The van der Waals surface area contributed by atoms with Gasteiger partial charge in [0.25, 0.3) is 0 Å². The van der Waals surface area contributed by atoms with E-state index < -0.39 is 14.3 Å². The number of terminal acetylenes is 1. The molecule has 1 aliphatic rings. The molecule has 1 heterocycles. The molecule has 0 amide bonds. The first-order valence-electron chi connectivity index (χ1n) is 23.5. The van der Waals surface area contributed by atoms with Gasteiger partial charge in [0, 0.05) is 31.4 Å². The van der Waals surface area contributed by atoms with Crippen LogP contribution in [0.5, 0.6) is 5.75 Å². The molecule has 11 nitrogen and oxygen atoms in total. The average Bonchev–Trinajstić information content (AvgIpc) is 3.70. The Balaban J connectivity index is 1.49. The lowest BCUT2D eigenvalue weighted by atomic mass is 9.86. The summed E-state index contributed by atoms with van der Waals surface area (Å²) in [6, 6.07) is 28.1. The Bertz CT molecular complexity index is 1820. The van der Waals surface area contributed by atoms with E-state index in [2.05, 4.69) is 57.2 Å². The van der Waals surface area contributed by atoms with E-state index in [9.17, 15) is 0 Å². The number of ether oxygens (including phenoxy) is 9. The van der Waals surface area contributed by atoms with Gasteiger partial charge in [-0.25, -0.2) is 0 Å². The molecule has 3 aromatic carbocycles. The van der Waals surface area contributed by atoms with E-state index in [1.54, 1.807) is 21.3 Å². The number of rotatable bonds is 34. The molecule has 0 aliphatic carbocycles. The first-order chi connectivity index (χ1) is 32.0. The predicted molar refractivity (Wildman–Crippen MR) is 262 cm³/mol. The quantitative estimate of drug-likeness (QED) is 0.0188. The fraction of sp³-hybridized carbons (Fsp3) is 0.556. The number of hydrogen-bond donors (Lipinski definition) is 0. The van der Waals surface area contributed by atoms with Gasteiger partial charge in [0.1, 0.15) is 25.4 Å². The molecular formula is C54H78O11Si. The number of allylic oxidation sites excluding steroid dienone is 2. The molecule has 1 fully saturated rings. The Morgan fingerprint density at radius 3 is 2.06 bits per heavy atom. The smallest absolute Gasteiger partial charge is 0.458 e. The zero-order valence-corrected chi connectivity index (χ0v) is 41.9. The van der Waals surface area contributed by atoms with Crippen molar-refractivity contribution in [1.29, 1.82) is 0 Å². The largest absolute Gasteiger partial charge is 0.497 e. The highest BCUT2D eigenvalue weighted by Crippen LogP contribution is 2.33. The molecule has 0 saturated carbocycles. The van der Waals surface area contributed by atoms with Crippen LogP contribution in [0, 0.1) is 23.8 Å². The number of hydrogen-bond acceptors (Lipinski definition) is 11. The molecule has 9 atom stereocenters. The molecule has 0 bridgehead atoms. The third-order valence-corrected chi connectivity index (χ3v) is 14.8. The molecule has 3 aromatic rings. The second-order valence-corrected chi connectivity index (χ2v) is 20.1. The van der Waals surface area contributed by atoms with Gasteiger partial charge in [-0.05, 0) is 94.9 Å². The Kier molecular flexibility index (Phi) is 24.9. The van der Waals surface area contributed by atoms with E-state index >= 15 is 0 Å². The molecule has 1 saturated heterocycles. The molecule has 12 heteroatoms. The maximum Gasteiger partial charge on any atom is 0.458 e. The van der Waals surface area contributed by atoms with E-state index in [0.717, 1.165) is 47.7 Å². The van der Waals surface area contributed by atoms with Crippen molar-refractivity contribution in [3.05, 3.63) is 121 Å². The fourth-order valence-corrected chi connectivity index (χ4v) is 10.8. The van der Waals surface area contributed by atoms with Crippen LogP contribution in [0.25, 0.3) is 0 Å². The van der Waals surface area contributed by atoms with Crippen LogP contribution >= 0.6 is 0 Å². The Hall–Kier alpha value is -3.68. The first kappa shape index (κ1) is 54.9. The second kappa shape index (κ2) is 29.9. The summed E-state index contributed by atoms with van der Waals surface area (Å²) < 4.78 is 68.4. The summed E-state index contributed by atoms with van der Waals surface area (Å²) in [5, 5.41) is 0.884. The van der Waals surface area contributed by atoms with Gasteiger partial charge in [0.05, 0.1) is 58.0 Å². The summed E-state index contributed by atoms with van der Waals surface area (Å²) >= 11 is 0. The van der Waals surface area contributed by atoms with Crippen molar-refractivity contribution in [3.8, 4) is 17.7 Å². The molecule has 364 valence electrons. The Labute approximate surface area is 397 Å². The molecular weight excluding hydrogens is 853 g/mol. The predicted octanol–water partition coefficient (Wildman–Crippen LogP) is 9.98. The normalized spacial score (nSPS) is 19.0. The summed E-state index contributed by atoms with van der Waals surface area (Å²) in [5.74, 6) is 0.0844. The van der Waals surface area contributed by atoms with Crippen molar-refractivity contribution in [3.63, 3.8) is 0 Å². The zero-order valence-electron chi connectivity index (χ0n) is 40.9. The highest BCUT2D eigenvalue weighted by atomic mass is 28.4. The van der Waals surface area contributed by atoms with Crippen LogP contribution in [0.15, 0.2) is 110 Å². The van der Waals surface area contributed by atoms with E-state index in [1.807, 2.05) is 92.7 Å². The van der Waals surface area contributed by atoms with Crippen LogP contribution < -0.4 is 9.92 Å². The lowest BCUT2D eigenvalue weighted by Crippen LogP contribution is -2.57. The highest BCUT2D eigenvalue weighted by molar-refractivity contribution is 6.88. The minimum Gasteiger partial charge on any atom is -0.497 e. The van der Waals surface area contributed by atoms with Gasteiger partial charge in [-0.1, -0.05) is 110 Å². The Morgan fingerprint density at radius 1 is 0.773 bits per heavy atom. The lowest BCUT2D eigenvalue weighted by molar-refractivity contribution is -0.166. The summed E-state index contributed by atoms with van der Waals surface area (Å²) in [4.78, 5) is 0. The van der Waals surface area contributed by atoms with Gasteiger partial charge in [-0.2, -0.15) is 0 Å². The third-order valence-electron chi connectivity index (χ3n) is 11.9. The summed E-state index contributed by atoms with van der Waals surface area (Å²) in [5.41, 5.74) is 5.28. The van der Waals surface area contributed by atoms with Crippen LogP contribution in [-0.2, 0) is 60.0 Å². The van der Waals surface area contributed by atoms with Crippen molar-refractivity contribution in [1.82, 2.24) is 0 Å². The van der Waals surface area contributed by atoms with E-state index in [0.29, 0.717) is 45.7 Å². The maximum absolute atomic E-state index is 7.21. The second-order valence-electron chi connectivity index (χ2n) is 17.6. The van der Waals surface area contributed by atoms with Crippen molar-refractivity contribution in [2.45, 2.75) is 135 Å². The van der Waals surface area contributed by atoms with Crippen LogP contribution in [0.3, 0.4) is 0 Å². The summed E-state index contributed by atoms with van der Waals surface area (Å²) in [7, 11) is 1.47. The van der Waals surface area contributed by atoms with Crippen LogP contribution in [0.2, 0.25) is 0 Å². The van der Waals surface area contributed by atoms with Gasteiger partial charge < -0.3 is 51.5 Å². The highest BCUT2D eigenvalue weighted by Gasteiger charge is 2.44. The van der Waals surface area contributed by atoms with Crippen molar-refractivity contribution in [2.24, 2.45) is 11.8 Å². The van der Waals surface area contributed by atoms with Crippen LogP contribution in [0.4, 0.5) is 0 Å². The van der Waals surface area contributed by atoms with Gasteiger partial charge >= 0.3 is 8.56 Å². The van der Waals surface area contributed by atoms with Gasteiger partial charge in [0.2, 0.25) is 0 Å².